The normalized spacial score (nSPS) is 12.1. The van der Waals surface area contributed by atoms with Gasteiger partial charge in [-0.1, -0.05) is 48.5 Å². The molecule has 86 valence electrons. The molecule has 0 aromatic heterocycles. The zero-order valence-corrected chi connectivity index (χ0v) is 9.63. The smallest absolute Gasteiger partial charge is 0.159 e. The van der Waals surface area contributed by atoms with Crippen LogP contribution < -0.4 is 0 Å². The second-order valence-corrected chi connectivity index (χ2v) is 3.99. The maximum atomic E-state index is 11.3. The number of carbonyl (C=O) groups is 1. The molecule has 0 aliphatic rings. The summed E-state index contributed by atoms with van der Waals surface area (Å²) in [6, 6.07) is 16.5. The molecule has 0 bridgehead atoms. The van der Waals surface area contributed by atoms with Gasteiger partial charge in [-0.05, 0) is 24.1 Å². The third kappa shape index (κ3) is 2.60. The lowest BCUT2D eigenvalue weighted by Crippen LogP contribution is -2.01. The number of carbonyl (C=O) groups excluding carboxylic acids is 1. The molecule has 2 aromatic carbocycles. The number of rotatable bonds is 3. The number of benzene rings is 2. The largest absolute Gasteiger partial charge is 0.384 e. The maximum absolute atomic E-state index is 11.3. The van der Waals surface area contributed by atoms with Gasteiger partial charge in [0.2, 0.25) is 0 Å². The summed E-state index contributed by atoms with van der Waals surface area (Å²) in [6.07, 6.45) is -0.685. The molecule has 2 nitrogen and oxygen atoms in total. The average Bonchev–Trinajstić information content (AvgIpc) is 2.39. The number of aliphatic hydroxyl groups is 1. The van der Waals surface area contributed by atoms with E-state index in [0.717, 1.165) is 11.1 Å². The molecule has 0 amide bonds. The van der Waals surface area contributed by atoms with Crippen molar-refractivity contribution in [2.24, 2.45) is 0 Å². The number of Topliss-reactive ketones (excluding diaryl/α,β-unsaturated/α-hetero) is 1. The summed E-state index contributed by atoms with van der Waals surface area (Å²) >= 11 is 0. The van der Waals surface area contributed by atoms with E-state index < -0.39 is 6.10 Å². The summed E-state index contributed by atoms with van der Waals surface area (Å²) < 4.78 is 0. The lowest BCUT2D eigenvalue weighted by Gasteiger charge is -2.12. The molecule has 0 aliphatic carbocycles. The maximum Gasteiger partial charge on any atom is 0.159 e. The van der Waals surface area contributed by atoms with Crippen LogP contribution in [0.25, 0.3) is 0 Å². The van der Waals surface area contributed by atoms with Crippen molar-refractivity contribution in [3.05, 3.63) is 71.3 Å². The Kier molecular flexibility index (Phi) is 3.35. The van der Waals surface area contributed by atoms with E-state index in [2.05, 4.69) is 0 Å². The summed E-state index contributed by atoms with van der Waals surface area (Å²) in [6.45, 7) is 1.52. The molecular weight excluding hydrogens is 212 g/mol. The summed E-state index contributed by atoms with van der Waals surface area (Å²) in [7, 11) is 0. The van der Waals surface area contributed by atoms with Crippen LogP contribution in [0.15, 0.2) is 54.6 Å². The molecule has 0 saturated heterocycles. The molecule has 2 rings (SSSR count). The van der Waals surface area contributed by atoms with Crippen LogP contribution in [0.1, 0.15) is 34.5 Å². The first kappa shape index (κ1) is 11.6. The van der Waals surface area contributed by atoms with Crippen molar-refractivity contribution in [2.75, 3.05) is 0 Å². The second-order valence-electron chi connectivity index (χ2n) is 3.99. The third-order valence-corrected chi connectivity index (χ3v) is 2.72. The van der Waals surface area contributed by atoms with Crippen molar-refractivity contribution >= 4 is 5.78 Å². The lowest BCUT2D eigenvalue weighted by atomic mass is 9.99. The van der Waals surface area contributed by atoms with Crippen LogP contribution in [0.3, 0.4) is 0 Å². The van der Waals surface area contributed by atoms with E-state index in [4.69, 9.17) is 0 Å². The molecule has 2 heteroatoms. The molecule has 0 aliphatic heterocycles. The van der Waals surface area contributed by atoms with Crippen LogP contribution in [0, 0.1) is 0 Å². The van der Waals surface area contributed by atoms with E-state index in [1.54, 1.807) is 18.2 Å². The van der Waals surface area contributed by atoms with Crippen LogP contribution in [0.5, 0.6) is 0 Å². The van der Waals surface area contributed by atoms with Gasteiger partial charge in [0.15, 0.2) is 5.78 Å². The summed E-state index contributed by atoms with van der Waals surface area (Å²) in [4.78, 5) is 11.3. The van der Waals surface area contributed by atoms with Crippen LogP contribution in [-0.4, -0.2) is 10.9 Å². The van der Waals surface area contributed by atoms with E-state index in [1.165, 1.54) is 6.92 Å². The van der Waals surface area contributed by atoms with Crippen molar-refractivity contribution in [3.8, 4) is 0 Å². The quantitative estimate of drug-likeness (QED) is 0.817. The predicted molar refractivity (Wildman–Crippen MR) is 67.0 cm³/mol. The van der Waals surface area contributed by atoms with Gasteiger partial charge in [-0.15, -0.1) is 0 Å². The highest BCUT2D eigenvalue weighted by Crippen LogP contribution is 2.22. The standard InChI is InChI=1S/C15H14O2/c1-11(16)13-8-5-9-14(10-13)15(17)12-6-3-2-4-7-12/h2-10,15,17H,1H3/t15-/m1/s1. The molecule has 0 fully saturated rings. The second kappa shape index (κ2) is 4.93. The van der Waals surface area contributed by atoms with Gasteiger partial charge in [0.25, 0.3) is 0 Å². The minimum atomic E-state index is -0.685. The topological polar surface area (TPSA) is 37.3 Å². The Morgan fingerprint density at radius 3 is 2.29 bits per heavy atom. The molecule has 1 N–H and O–H groups in total. The Labute approximate surface area is 101 Å². The van der Waals surface area contributed by atoms with Gasteiger partial charge < -0.3 is 5.11 Å². The summed E-state index contributed by atoms with van der Waals surface area (Å²) in [5, 5.41) is 10.2. The van der Waals surface area contributed by atoms with Crippen LogP contribution >= 0.6 is 0 Å². The van der Waals surface area contributed by atoms with E-state index in [0.29, 0.717) is 5.56 Å². The van der Waals surface area contributed by atoms with Gasteiger partial charge in [-0.3, -0.25) is 4.79 Å². The lowest BCUT2D eigenvalue weighted by molar-refractivity contribution is 0.101. The minimum Gasteiger partial charge on any atom is -0.384 e. The van der Waals surface area contributed by atoms with Crippen molar-refractivity contribution in [2.45, 2.75) is 13.0 Å². The van der Waals surface area contributed by atoms with Crippen LogP contribution in [-0.2, 0) is 0 Å². The Bertz CT molecular complexity index is 517. The van der Waals surface area contributed by atoms with Crippen LogP contribution in [0.4, 0.5) is 0 Å². The number of hydrogen-bond donors (Lipinski definition) is 1. The predicted octanol–water partition coefficient (Wildman–Crippen LogP) is 2.97. The summed E-state index contributed by atoms with van der Waals surface area (Å²) in [5.74, 6) is 0.00658. The van der Waals surface area contributed by atoms with E-state index >= 15 is 0 Å². The van der Waals surface area contributed by atoms with Crippen molar-refractivity contribution < 1.29 is 9.90 Å². The highest BCUT2D eigenvalue weighted by atomic mass is 16.3. The molecule has 17 heavy (non-hydrogen) atoms. The van der Waals surface area contributed by atoms with Crippen molar-refractivity contribution in [1.29, 1.82) is 0 Å². The van der Waals surface area contributed by atoms with E-state index in [1.807, 2.05) is 36.4 Å². The first-order valence-corrected chi connectivity index (χ1v) is 5.52. The van der Waals surface area contributed by atoms with E-state index in [-0.39, 0.29) is 5.78 Å². The summed E-state index contributed by atoms with van der Waals surface area (Å²) in [5.41, 5.74) is 2.19. The Hall–Kier alpha value is -1.93. The first-order valence-electron chi connectivity index (χ1n) is 5.52. The molecule has 0 heterocycles. The average molecular weight is 226 g/mol. The highest BCUT2D eigenvalue weighted by molar-refractivity contribution is 5.94. The Morgan fingerprint density at radius 1 is 1.00 bits per heavy atom. The van der Waals surface area contributed by atoms with Gasteiger partial charge in [0, 0.05) is 5.56 Å². The fourth-order valence-corrected chi connectivity index (χ4v) is 1.76. The molecule has 0 unspecified atom stereocenters. The van der Waals surface area contributed by atoms with Gasteiger partial charge >= 0.3 is 0 Å². The molecular formula is C15H14O2. The Balaban J connectivity index is 2.34. The number of ketones is 1. The molecule has 0 spiro atoms. The minimum absolute atomic E-state index is 0.00658. The van der Waals surface area contributed by atoms with Gasteiger partial charge in [0.1, 0.15) is 6.10 Å². The fourth-order valence-electron chi connectivity index (χ4n) is 1.76. The number of hydrogen-bond acceptors (Lipinski definition) is 2. The number of aliphatic hydroxyl groups excluding tert-OH is 1. The molecule has 0 saturated carbocycles. The fraction of sp³-hybridized carbons (Fsp3) is 0.133. The highest BCUT2D eigenvalue weighted by Gasteiger charge is 2.11. The first-order chi connectivity index (χ1) is 8.18. The SMILES string of the molecule is CC(=O)c1cccc([C@H](O)c2ccccc2)c1. The van der Waals surface area contributed by atoms with Crippen LogP contribution in [0.2, 0.25) is 0 Å². The van der Waals surface area contributed by atoms with Gasteiger partial charge in [-0.2, -0.15) is 0 Å². The van der Waals surface area contributed by atoms with Gasteiger partial charge in [-0.25, -0.2) is 0 Å². The zero-order valence-electron chi connectivity index (χ0n) is 9.63. The monoisotopic (exact) mass is 226 g/mol. The van der Waals surface area contributed by atoms with Gasteiger partial charge in [0.05, 0.1) is 0 Å². The van der Waals surface area contributed by atoms with Crippen molar-refractivity contribution in [1.82, 2.24) is 0 Å². The molecule has 0 radical (unpaired) electrons. The Morgan fingerprint density at radius 2 is 1.65 bits per heavy atom. The van der Waals surface area contributed by atoms with Crippen molar-refractivity contribution in [3.63, 3.8) is 0 Å². The zero-order chi connectivity index (χ0) is 12.3. The van der Waals surface area contributed by atoms with E-state index in [9.17, 15) is 9.90 Å². The third-order valence-electron chi connectivity index (χ3n) is 2.72. The molecule has 1 atom stereocenters. The molecule has 2 aromatic rings.